The van der Waals surface area contributed by atoms with Crippen LogP contribution in [-0.4, -0.2) is 53.1 Å². The van der Waals surface area contributed by atoms with Crippen molar-refractivity contribution in [1.29, 1.82) is 0 Å². The van der Waals surface area contributed by atoms with Gasteiger partial charge in [-0.3, -0.25) is 4.79 Å². The number of likely N-dealkylation sites (tertiary alicyclic amines) is 1. The molecule has 2 N–H and O–H groups in total. The second kappa shape index (κ2) is 6.24. The van der Waals surface area contributed by atoms with Gasteiger partial charge in [-0.05, 0) is 12.5 Å². The molecule has 0 radical (unpaired) electrons. The number of nitrogens with two attached hydrogens (primary N) is 1. The summed E-state index contributed by atoms with van der Waals surface area (Å²) in [7, 11) is 1.64. The maximum atomic E-state index is 12.0. The van der Waals surface area contributed by atoms with Gasteiger partial charge in [-0.25, -0.2) is 15.0 Å². The van der Waals surface area contributed by atoms with Crippen molar-refractivity contribution in [2.45, 2.75) is 18.5 Å². The number of amides is 1. The van der Waals surface area contributed by atoms with E-state index in [4.69, 9.17) is 10.5 Å². The van der Waals surface area contributed by atoms with Crippen LogP contribution in [0.15, 0.2) is 22.2 Å². The minimum absolute atomic E-state index is 0.0251. The van der Waals surface area contributed by atoms with Crippen LogP contribution in [0.5, 0.6) is 0 Å². The molecule has 0 unspecified atom stereocenters. The number of anilines is 2. The van der Waals surface area contributed by atoms with Gasteiger partial charge in [-0.2, -0.15) is 0 Å². The first-order valence-electron chi connectivity index (χ1n) is 6.82. The Kier molecular flexibility index (Phi) is 4.34. The Morgan fingerprint density at radius 2 is 2.45 bits per heavy atom. The first-order chi connectivity index (χ1) is 10.7. The van der Waals surface area contributed by atoms with Gasteiger partial charge in [0.2, 0.25) is 5.91 Å². The summed E-state index contributed by atoms with van der Waals surface area (Å²) in [5.74, 6) is 1.21. The molecule has 1 aromatic rings. The summed E-state index contributed by atoms with van der Waals surface area (Å²) in [4.78, 5) is 22.2. The molecule has 0 spiro atoms. The number of halogens is 1. The molecule has 3 rings (SSSR count). The fourth-order valence-corrected chi connectivity index (χ4v) is 4.76. The predicted molar refractivity (Wildman–Crippen MR) is 90.0 cm³/mol. The smallest absolute Gasteiger partial charge is 0.246 e. The van der Waals surface area contributed by atoms with Gasteiger partial charge in [0.05, 0.1) is 39.7 Å². The molecule has 1 saturated heterocycles. The van der Waals surface area contributed by atoms with E-state index in [1.54, 1.807) is 12.0 Å². The lowest BCUT2D eigenvalue weighted by Gasteiger charge is -2.23. The largest absolute Gasteiger partial charge is 0.383 e. The van der Waals surface area contributed by atoms with Crippen molar-refractivity contribution >= 4 is 38.6 Å². The summed E-state index contributed by atoms with van der Waals surface area (Å²) in [6.07, 6.45) is 3.58. The average molecular weight is 416 g/mol. The van der Waals surface area contributed by atoms with Crippen molar-refractivity contribution in [1.82, 2.24) is 14.9 Å². The first kappa shape index (κ1) is 15.3. The number of carbonyl (C=O) groups is 1. The van der Waals surface area contributed by atoms with Gasteiger partial charge in [-0.1, -0.05) is 6.58 Å². The average Bonchev–Trinajstić information content (AvgIpc) is 3.11. The zero-order valence-corrected chi connectivity index (χ0v) is 14.3. The number of aromatic nitrogens is 2. The van der Waals surface area contributed by atoms with E-state index in [9.17, 15) is 4.79 Å². The number of methoxy groups -OCH3 is 1. The van der Waals surface area contributed by atoms with Crippen LogP contribution >= 0.6 is 21.0 Å². The van der Waals surface area contributed by atoms with Gasteiger partial charge >= 0.3 is 0 Å². The fraction of sp³-hybridized carbons (Fsp3) is 0.462. The number of hydrogen-bond acceptors (Lipinski definition) is 7. The number of hydrogen-bond donors (Lipinski definition) is 1. The summed E-state index contributed by atoms with van der Waals surface area (Å²) in [6, 6.07) is 0.108. The van der Waals surface area contributed by atoms with E-state index >= 15 is 0 Å². The van der Waals surface area contributed by atoms with E-state index in [2.05, 4.69) is 19.8 Å². The summed E-state index contributed by atoms with van der Waals surface area (Å²) in [5.41, 5.74) is 5.90. The first-order valence-corrected chi connectivity index (χ1v) is 8.86. The van der Waals surface area contributed by atoms with E-state index < -0.39 is 21.0 Å². The highest BCUT2D eigenvalue weighted by Crippen LogP contribution is 2.39. The Balaban J connectivity index is 1.83. The highest BCUT2D eigenvalue weighted by atomic mass is 127. The zero-order valence-electron chi connectivity index (χ0n) is 12.1. The Morgan fingerprint density at radius 3 is 3.18 bits per heavy atom. The molecule has 0 aliphatic carbocycles. The molecule has 0 bridgehead atoms. The molecule has 9 heteroatoms. The van der Waals surface area contributed by atoms with E-state index in [1.807, 2.05) is 5.01 Å². The minimum Gasteiger partial charge on any atom is -0.383 e. The van der Waals surface area contributed by atoms with Crippen molar-refractivity contribution in [2.24, 2.45) is 3.25 Å². The van der Waals surface area contributed by atoms with Crippen LogP contribution in [0.3, 0.4) is 0 Å². The number of nitrogens with zero attached hydrogens (tertiary/aromatic N) is 5. The molecule has 1 aromatic heterocycles. The topological polar surface area (TPSA) is 96.9 Å². The van der Waals surface area contributed by atoms with Gasteiger partial charge in [0, 0.05) is 13.7 Å². The van der Waals surface area contributed by atoms with Crippen LogP contribution in [0.25, 0.3) is 0 Å². The summed E-state index contributed by atoms with van der Waals surface area (Å²) < 4.78 is 10.8. The lowest BCUT2D eigenvalue weighted by Crippen LogP contribution is -2.38. The normalized spacial score (nSPS) is 23.3. The van der Waals surface area contributed by atoms with E-state index in [0.29, 0.717) is 19.0 Å². The third kappa shape index (κ3) is 2.58. The molecule has 2 aliphatic rings. The highest BCUT2D eigenvalue weighted by Gasteiger charge is 2.40. The maximum absolute atomic E-state index is 12.0. The molecule has 0 aromatic carbocycles. The van der Waals surface area contributed by atoms with E-state index in [1.165, 1.54) is 12.4 Å². The number of fused-ring (bicyclic) bond motifs is 1. The maximum Gasteiger partial charge on any atom is 0.246 e. The molecule has 1 amide bonds. The molecular formula is C13H17IN6O2. The summed E-state index contributed by atoms with van der Waals surface area (Å²) >= 11 is -0.568. The SMILES string of the molecule is C=CC(=O)N1C[C@@H](N2N=Ic3c(N)ncnc32)C[C@@H]1COC. The van der Waals surface area contributed by atoms with Gasteiger partial charge in [-0.15, -0.1) is 3.25 Å². The Labute approximate surface area is 138 Å². The van der Waals surface area contributed by atoms with Crippen molar-refractivity contribution in [2.75, 3.05) is 31.0 Å². The van der Waals surface area contributed by atoms with Crippen molar-refractivity contribution in [3.8, 4) is 0 Å². The van der Waals surface area contributed by atoms with Gasteiger partial charge < -0.3 is 15.4 Å². The van der Waals surface area contributed by atoms with Crippen LogP contribution in [0.4, 0.5) is 11.6 Å². The summed E-state index contributed by atoms with van der Waals surface area (Å²) in [5, 5.41) is 1.92. The van der Waals surface area contributed by atoms with Crippen LogP contribution in [0.2, 0.25) is 0 Å². The Hall–Kier alpha value is -1.62. The Morgan fingerprint density at radius 1 is 1.64 bits per heavy atom. The second-order valence-corrected chi connectivity index (χ2v) is 7.09. The standard InChI is InChI=1S/C13H17IN6O2/c1-3-10(21)19-5-8(4-9(19)6-22-2)20-13-11(14-18-20)12(15)16-7-17-13/h3,7-9H,1,4-6H2,2H3,(H2,15,16,17)/t8-,9+/m0/s1. The van der Waals surface area contributed by atoms with Crippen molar-refractivity contribution < 1.29 is 9.53 Å². The zero-order chi connectivity index (χ0) is 15.7. The molecule has 2 aliphatic heterocycles. The van der Waals surface area contributed by atoms with Crippen LogP contribution in [-0.2, 0) is 9.53 Å². The molecule has 8 nitrogen and oxygen atoms in total. The number of ether oxygens (including phenoxy) is 1. The minimum atomic E-state index is -0.568. The van der Waals surface area contributed by atoms with Crippen molar-refractivity contribution in [3.05, 3.63) is 22.6 Å². The molecule has 22 heavy (non-hydrogen) atoms. The van der Waals surface area contributed by atoms with Crippen molar-refractivity contribution in [3.63, 3.8) is 0 Å². The predicted octanol–water partition coefficient (Wildman–Crippen LogP) is 0.920. The van der Waals surface area contributed by atoms with Crippen LogP contribution in [0.1, 0.15) is 6.42 Å². The molecule has 2 atom stereocenters. The van der Waals surface area contributed by atoms with Gasteiger partial charge in [0.15, 0.2) is 5.82 Å². The third-order valence-electron chi connectivity index (χ3n) is 3.77. The summed E-state index contributed by atoms with van der Waals surface area (Å²) in [6.45, 7) is 4.65. The Bertz CT molecular complexity index is 637. The highest BCUT2D eigenvalue weighted by molar-refractivity contribution is 14.2. The van der Waals surface area contributed by atoms with E-state index in [0.717, 1.165) is 15.8 Å². The number of carbonyl (C=O) groups excluding carboxylic acids is 1. The quantitative estimate of drug-likeness (QED) is 0.579. The van der Waals surface area contributed by atoms with Gasteiger partial charge in [0.25, 0.3) is 0 Å². The van der Waals surface area contributed by atoms with Gasteiger partial charge in [0.1, 0.15) is 15.7 Å². The molecule has 3 heterocycles. The third-order valence-corrected chi connectivity index (χ3v) is 5.97. The van der Waals surface area contributed by atoms with Crippen LogP contribution in [0, 0.1) is 3.57 Å². The van der Waals surface area contributed by atoms with E-state index in [-0.39, 0.29) is 18.0 Å². The molecule has 0 saturated carbocycles. The molecular weight excluding hydrogens is 399 g/mol. The number of nitrogen functional groups attached to an aromatic ring is 1. The fourth-order valence-electron chi connectivity index (χ4n) is 2.77. The number of rotatable bonds is 4. The lowest BCUT2D eigenvalue weighted by molar-refractivity contribution is -0.127. The monoisotopic (exact) mass is 416 g/mol. The second-order valence-electron chi connectivity index (χ2n) is 5.09. The molecule has 1 fully saturated rings. The van der Waals surface area contributed by atoms with Crippen LogP contribution < -0.4 is 10.7 Å². The lowest BCUT2D eigenvalue weighted by atomic mass is 10.1. The molecule has 118 valence electrons.